The van der Waals surface area contributed by atoms with Crippen molar-refractivity contribution in [3.05, 3.63) is 23.8 Å². The van der Waals surface area contributed by atoms with E-state index >= 15 is 0 Å². The minimum atomic E-state index is -0.281. The average molecular weight is 275 g/mol. The topological polar surface area (TPSA) is 92.4 Å². The van der Waals surface area contributed by atoms with Crippen LogP contribution in [0.25, 0.3) is 5.78 Å². The fourth-order valence-corrected chi connectivity index (χ4v) is 2.47. The van der Waals surface area contributed by atoms with Crippen LogP contribution < -0.4 is 5.32 Å². The average Bonchev–Trinajstić information content (AvgIpc) is 2.87. The van der Waals surface area contributed by atoms with Gasteiger partial charge < -0.3 is 10.4 Å². The van der Waals surface area contributed by atoms with Crippen LogP contribution >= 0.6 is 0 Å². The number of nitrogens with one attached hydrogen (secondary N) is 1. The number of hydrogen-bond acceptors (Lipinski definition) is 5. The minimum Gasteiger partial charge on any atom is -0.393 e. The second kappa shape index (κ2) is 5.16. The van der Waals surface area contributed by atoms with Gasteiger partial charge in [-0.25, -0.2) is 9.50 Å². The third kappa shape index (κ3) is 2.49. The number of aliphatic hydroxyl groups is 1. The summed E-state index contributed by atoms with van der Waals surface area (Å²) in [6.45, 7) is 1.88. The van der Waals surface area contributed by atoms with Gasteiger partial charge in [-0.15, -0.1) is 5.10 Å². The van der Waals surface area contributed by atoms with Gasteiger partial charge in [-0.1, -0.05) is 0 Å². The standard InChI is InChI=1S/C13H17N5O2/c1-8-6-7-14-13-16-11(17-18(8)13)12(20)15-9-2-4-10(19)5-3-9/h6-7,9-10,19H,2-5H2,1H3,(H,15,20). The molecule has 3 rings (SSSR count). The van der Waals surface area contributed by atoms with Crippen LogP contribution in [-0.2, 0) is 0 Å². The van der Waals surface area contributed by atoms with Crippen LogP contribution in [0.2, 0.25) is 0 Å². The van der Waals surface area contributed by atoms with E-state index < -0.39 is 0 Å². The number of aromatic nitrogens is 4. The zero-order valence-electron chi connectivity index (χ0n) is 11.3. The van der Waals surface area contributed by atoms with E-state index in [4.69, 9.17) is 0 Å². The van der Waals surface area contributed by atoms with Crippen LogP contribution in [0.1, 0.15) is 42.0 Å². The van der Waals surface area contributed by atoms with Crippen LogP contribution in [0.3, 0.4) is 0 Å². The molecule has 0 radical (unpaired) electrons. The highest BCUT2D eigenvalue weighted by atomic mass is 16.3. The molecule has 0 spiro atoms. The lowest BCUT2D eigenvalue weighted by Gasteiger charge is -2.25. The highest BCUT2D eigenvalue weighted by Crippen LogP contribution is 2.18. The van der Waals surface area contributed by atoms with Crippen molar-refractivity contribution in [1.29, 1.82) is 0 Å². The van der Waals surface area contributed by atoms with Crippen molar-refractivity contribution in [3.8, 4) is 0 Å². The summed E-state index contributed by atoms with van der Waals surface area (Å²) >= 11 is 0. The maximum atomic E-state index is 12.1. The number of aliphatic hydroxyl groups excluding tert-OH is 1. The Hall–Kier alpha value is -2.02. The fourth-order valence-electron chi connectivity index (χ4n) is 2.47. The third-order valence-electron chi connectivity index (χ3n) is 3.66. The van der Waals surface area contributed by atoms with E-state index in [1.807, 2.05) is 13.0 Å². The van der Waals surface area contributed by atoms with Gasteiger partial charge in [0.1, 0.15) is 0 Å². The predicted octanol–water partition coefficient (Wildman–Crippen LogP) is 0.466. The summed E-state index contributed by atoms with van der Waals surface area (Å²) < 4.78 is 1.56. The van der Waals surface area contributed by atoms with Crippen LogP contribution in [0.15, 0.2) is 12.3 Å². The molecule has 0 aliphatic heterocycles. The summed E-state index contributed by atoms with van der Waals surface area (Å²) in [6.07, 6.45) is 4.44. The van der Waals surface area contributed by atoms with Gasteiger partial charge in [-0.2, -0.15) is 4.98 Å². The van der Waals surface area contributed by atoms with Crippen molar-refractivity contribution >= 4 is 11.7 Å². The molecule has 1 saturated carbocycles. The molecule has 1 aliphatic carbocycles. The van der Waals surface area contributed by atoms with Gasteiger partial charge in [0.15, 0.2) is 0 Å². The highest BCUT2D eigenvalue weighted by molar-refractivity contribution is 5.91. The molecule has 2 aromatic rings. The van der Waals surface area contributed by atoms with Crippen LogP contribution in [-0.4, -0.2) is 42.7 Å². The molecule has 7 nitrogen and oxygen atoms in total. The summed E-state index contributed by atoms with van der Waals surface area (Å²) in [5.41, 5.74) is 0.877. The summed E-state index contributed by atoms with van der Waals surface area (Å²) in [5, 5.41) is 16.5. The summed E-state index contributed by atoms with van der Waals surface area (Å²) in [5.74, 6) is 0.281. The Bertz CT molecular complexity index is 631. The molecule has 1 fully saturated rings. The van der Waals surface area contributed by atoms with Gasteiger partial charge >= 0.3 is 0 Å². The number of carbonyl (C=O) groups is 1. The first-order chi connectivity index (χ1) is 9.63. The number of carbonyl (C=O) groups excluding carboxylic acids is 1. The van der Waals surface area contributed by atoms with E-state index in [-0.39, 0.29) is 23.9 Å². The smallest absolute Gasteiger partial charge is 0.291 e. The number of hydrogen-bond donors (Lipinski definition) is 2. The zero-order chi connectivity index (χ0) is 14.1. The van der Waals surface area contributed by atoms with Gasteiger partial charge in [-0.05, 0) is 38.7 Å². The van der Waals surface area contributed by atoms with Crippen molar-refractivity contribution in [1.82, 2.24) is 24.9 Å². The van der Waals surface area contributed by atoms with Crippen molar-refractivity contribution in [2.24, 2.45) is 0 Å². The first kappa shape index (κ1) is 13.0. The largest absolute Gasteiger partial charge is 0.393 e. The Labute approximate surface area is 116 Å². The summed E-state index contributed by atoms with van der Waals surface area (Å²) in [4.78, 5) is 20.3. The van der Waals surface area contributed by atoms with E-state index in [1.54, 1.807) is 10.7 Å². The molecule has 106 valence electrons. The van der Waals surface area contributed by atoms with E-state index in [9.17, 15) is 9.90 Å². The lowest BCUT2D eigenvalue weighted by atomic mass is 9.93. The molecule has 20 heavy (non-hydrogen) atoms. The molecule has 0 saturated heterocycles. The normalized spacial score (nSPS) is 22.9. The zero-order valence-corrected chi connectivity index (χ0v) is 11.3. The lowest BCUT2D eigenvalue weighted by Crippen LogP contribution is -2.39. The summed E-state index contributed by atoms with van der Waals surface area (Å²) in [7, 11) is 0. The Balaban J connectivity index is 1.74. The molecule has 0 aromatic carbocycles. The number of nitrogens with zero attached hydrogens (tertiary/aromatic N) is 4. The maximum absolute atomic E-state index is 12.1. The molecule has 1 aliphatic rings. The number of amides is 1. The van der Waals surface area contributed by atoms with Crippen LogP contribution in [0.4, 0.5) is 0 Å². The number of rotatable bonds is 2. The van der Waals surface area contributed by atoms with Gasteiger partial charge in [-0.3, -0.25) is 4.79 Å². The SMILES string of the molecule is Cc1ccnc2nc(C(=O)NC3CCC(O)CC3)nn12. The molecular weight excluding hydrogens is 258 g/mol. The Kier molecular flexibility index (Phi) is 3.35. The minimum absolute atomic E-state index is 0.0894. The molecule has 0 bridgehead atoms. The first-order valence-corrected chi connectivity index (χ1v) is 6.81. The maximum Gasteiger partial charge on any atom is 0.291 e. The third-order valence-corrected chi connectivity index (χ3v) is 3.66. The Morgan fingerprint density at radius 2 is 2.15 bits per heavy atom. The van der Waals surface area contributed by atoms with E-state index in [0.717, 1.165) is 31.4 Å². The van der Waals surface area contributed by atoms with Gasteiger partial charge in [0.2, 0.25) is 5.82 Å². The van der Waals surface area contributed by atoms with E-state index in [2.05, 4.69) is 20.4 Å². The Morgan fingerprint density at radius 3 is 2.85 bits per heavy atom. The van der Waals surface area contributed by atoms with Crippen LogP contribution in [0.5, 0.6) is 0 Å². The monoisotopic (exact) mass is 275 g/mol. The van der Waals surface area contributed by atoms with E-state index in [1.165, 1.54) is 0 Å². The Morgan fingerprint density at radius 1 is 1.40 bits per heavy atom. The van der Waals surface area contributed by atoms with Crippen molar-refractivity contribution < 1.29 is 9.90 Å². The molecule has 2 aromatic heterocycles. The molecule has 1 amide bonds. The molecule has 7 heteroatoms. The van der Waals surface area contributed by atoms with Gasteiger partial charge in [0.05, 0.1) is 6.10 Å². The molecule has 2 heterocycles. The number of fused-ring (bicyclic) bond motifs is 1. The molecular formula is C13H17N5O2. The van der Waals surface area contributed by atoms with Crippen LogP contribution in [0, 0.1) is 6.92 Å². The van der Waals surface area contributed by atoms with Crippen molar-refractivity contribution in [2.75, 3.05) is 0 Å². The first-order valence-electron chi connectivity index (χ1n) is 6.81. The fraction of sp³-hybridized carbons (Fsp3) is 0.538. The molecule has 0 atom stereocenters. The van der Waals surface area contributed by atoms with Gasteiger partial charge in [0.25, 0.3) is 11.7 Å². The lowest BCUT2D eigenvalue weighted by molar-refractivity contribution is 0.0858. The predicted molar refractivity (Wildman–Crippen MR) is 71.2 cm³/mol. The second-order valence-electron chi connectivity index (χ2n) is 5.21. The number of aryl methyl sites for hydroxylation is 1. The van der Waals surface area contributed by atoms with E-state index in [0.29, 0.717) is 5.78 Å². The molecule has 0 unspecified atom stereocenters. The summed E-state index contributed by atoms with van der Waals surface area (Å²) in [6, 6.07) is 1.90. The van der Waals surface area contributed by atoms with Crippen molar-refractivity contribution in [2.45, 2.75) is 44.8 Å². The highest BCUT2D eigenvalue weighted by Gasteiger charge is 2.23. The van der Waals surface area contributed by atoms with Gasteiger partial charge in [0, 0.05) is 17.9 Å². The van der Waals surface area contributed by atoms with Crippen molar-refractivity contribution in [3.63, 3.8) is 0 Å². The molecule has 2 N–H and O–H groups in total. The second-order valence-corrected chi connectivity index (χ2v) is 5.21. The quantitative estimate of drug-likeness (QED) is 0.831.